The summed E-state index contributed by atoms with van der Waals surface area (Å²) in [4.78, 5) is 0. The Morgan fingerprint density at radius 2 is 2.14 bits per heavy atom. The molecule has 1 aromatic heterocycles. The molecule has 2 atom stereocenters. The van der Waals surface area contributed by atoms with Crippen LogP contribution in [0.5, 0.6) is 0 Å². The van der Waals surface area contributed by atoms with E-state index in [-0.39, 0.29) is 19.3 Å². The van der Waals surface area contributed by atoms with E-state index in [1.165, 1.54) is 0 Å². The molecule has 1 aromatic rings. The summed E-state index contributed by atoms with van der Waals surface area (Å²) in [6, 6.07) is 0. The van der Waals surface area contributed by atoms with Crippen molar-refractivity contribution in [3.8, 4) is 0 Å². The van der Waals surface area contributed by atoms with Gasteiger partial charge >= 0.3 is 6.18 Å². The van der Waals surface area contributed by atoms with Gasteiger partial charge in [-0.25, -0.2) is 0 Å². The van der Waals surface area contributed by atoms with Gasteiger partial charge in [-0.3, -0.25) is 4.68 Å². The van der Waals surface area contributed by atoms with Crippen molar-refractivity contribution in [2.24, 2.45) is 5.92 Å². The van der Waals surface area contributed by atoms with Crippen LogP contribution in [-0.4, -0.2) is 26.7 Å². The number of aryl methyl sites for hydroxylation is 2. The Morgan fingerprint density at radius 1 is 1.48 bits per heavy atom. The second-order valence-corrected chi connectivity index (χ2v) is 6.69. The zero-order valence-corrected chi connectivity index (χ0v) is 13.8. The lowest BCUT2D eigenvalue weighted by Gasteiger charge is -2.37. The second kappa shape index (κ2) is 5.91. The van der Waals surface area contributed by atoms with Crippen molar-refractivity contribution in [1.29, 1.82) is 0 Å². The van der Waals surface area contributed by atoms with Crippen LogP contribution in [0.1, 0.15) is 44.0 Å². The molecule has 1 heterocycles. The molecular formula is C14H20BrF3N2O. The van der Waals surface area contributed by atoms with Crippen molar-refractivity contribution in [2.45, 2.75) is 64.3 Å². The Labute approximate surface area is 130 Å². The van der Waals surface area contributed by atoms with Crippen LogP contribution in [0.2, 0.25) is 0 Å². The van der Waals surface area contributed by atoms with E-state index >= 15 is 0 Å². The molecule has 0 saturated heterocycles. The first kappa shape index (κ1) is 16.8. The third-order valence-electron chi connectivity index (χ3n) is 4.23. The first-order valence-electron chi connectivity index (χ1n) is 7.17. The topological polar surface area (TPSA) is 38.0 Å². The Kier molecular flexibility index (Phi) is 4.73. The average molecular weight is 369 g/mol. The van der Waals surface area contributed by atoms with Gasteiger partial charge in [0.1, 0.15) is 0 Å². The molecule has 1 fully saturated rings. The van der Waals surface area contributed by atoms with Crippen molar-refractivity contribution in [3.63, 3.8) is 0 Å². The number of aromatic nitrogens is 2. The zero-order chi connectivity index (χ0) is 15.8. The van der Waals surface area contributed by atoms with Crippen LogP contribution in [0.25, 0.3) is 0 Å². The molecule has 21 heavy (non-hydrogen) atoms. The zero-order valence-electron chi connectivity index (χ0n) is 12.2. The van der Waals surface area contributed by atoms with Crippen LogP contribution in [0.3, 0.4) is 0 Å². The van der Waals surface area contributed by atoms with E-state index in [4.69, 9.17) is 0 Å². The van der Waals surface area contributed by atoms with Gasteiger partial charge in [0.2, 0.25) is 0 Å². The summed E-state index contributed by atoms with van der Waals surface area (Å²) < 4.78 is 41.3. The van der Waals surface area contributed by atoms with E-state index in [1.807, 2.05) is 13.8 Å². The minimum atomic E-state index is -4.23. The van der Waals surface area contributed by atoms with Crippen molar-refractivity contribution in [2.75, 3.05) is 0 Å². The van der Waals surface area contributed by atoms with Crippen LogP contribution in [-0.2, 0) is 13.0 Å². The smallest absolute Gasteiger partial charge is 0.389 e. The average Bonchev–Trinajstić information content (AvgIpc) is 2.65. The molecule has 1 aliphatic carbocycles. The number of halogens is 4. The molecule has 2 unspecified atom stereocenters. The third-order valence-corrected chi connectivity index (χ3v) is 5.26. The third kappa shape index (κ3) is 3.62. The summed E-state index contributed by atoms with van der Waals surface area (Å²) in [5, 5.41) is 15.0. The van der Waals surface area contributed by atoms with Crippen molar-refractivity contribution in [1.82, 2.24) is 9.78 Å². The molecule has 0 radical (unpaired) electrons. The van der Waals surface area contributed by atoms with Gasteiger partial charge in [0.15, 0.2) is 0 Å². The van der Waals surface area contributed by atoms with Crippen LogP contribution < -0.4 is 0 Å². The second-order valence-electron chi connectivity index (χ2n) is 5.90. The van der Waals surface area contributed by atoms with Crippen LogP contribution in [0.4, 0.5) is 13.2 Å². The molecule has 1 aliphatic rings. The quantitative estimate of drug-likeness (QED) is 0.875. The summed E-state index contributed by atoms with van der Waals surface area (Å²) in [5.74, 6) is -1.41. The Morgan fingerprint density at radius 3 is 2.71 bits per heavy atom. The normalized spacial score (nSPS) is 27.1. The number of rotatable bonds is 3. The van der Waals surface area contributed by atoms with Gasteiger partial charge in [-0.15, -0.1) is 0 Å². The van der Waals surface area contributed by atoms with Gasteiger partial charge in [-0.2, -0.15) is 18.3 Å². The predicted molar refractivity (Wildman–Crippen MR) is 77.0 cm³/mol. The highest BCUT2D eigenvalue weighted by Crippen LogP contribution is 2.43. The molecule has 2 rings (SSSR count). The lowest BCUT2D eigenvalue weighted by atomic mass is 9.75. The number of nitrogens with zero attached hydrogens (tertiary/aromatic N) is 2. The van der Waals surface area contributed by atoms with Crippen molar-refractivity contribution in [3.05, 3.63) is 15.9 Å². The highest BCUT2D eigenvalue weighted by Gasteiger charge is 2.47. The maximum Gasteiger partial charge on any atom is 0.391 e. The molecule has 0 bridgehead atoms. The molecule has 1 N–H and O–H groups in total. The Bertz CT molecular complexity index is 515. The minimum absolute atomic E-state index is 0.110. The number of aliphatic hydroxyl groups is 1. The molecule has 3 nitrogen and oxygen atoms in total. The highest BCUT2D eigenvalue weighted by atomic mass is 79.9. The van der Waals surface area contributed by atoms with Gasteiger partial charge in [0, 0.05) is 13.0 Å². The van der Waals surface area contributed by atoms with E-state index in [0.29, 0.717) is 19.4 Å². The monoisotopic (exact) mass is 368 g/mol. The summed E-state index contributed by atoms with van der Waals surface area (Å²) in [6.07, 6.45) is -3.34. The largest absolute Gasteiger partial charge is 0.391 e. The van der Waals surface area contributed by atoms with E-state index in [2.05, 4.69) is 21.0 Å². The van der Waals surface area contributed by atoms with Crippen molar-refractivity contribution < 1.29 is 18.3 Å². The maximum absolute atomic E-state index is 12.9. The first-order chi connectivity index (χ1) is 9.66. The Hall–Kier alpha value is -0.560. The fourth-order valence-electron chi connectivity index (χ4n) is 3.13. The Balaban J connectivity index is 2.22. The van der Waals surface area contributed by atoms with Crippen LogP contribution in [0.15, 0.2) is 4.47 Å². The molecule has 0 amide bonds. The fraction of sp³-hybridized carbons (Fsp3) is 0.786. The summed E-state index contributed by atoms with van der Waals surface area (Å²) >= 11 is 3.43. The molecule has 120 valence electrons. The lowest BCUT2D eigenvalue weighted by Crippen LogP contribution is -2.42. The number of hydrogen-bond acceptors (Lipinski definition) is 2. The lowest BCUT2D eigenvalue weighted by molar-refractivity contribution is -0.200. The molecule has 0 aliphatic heterocycles. The molecule has 1 saturated carbocycles. The van der Waals surface area contributed by atoms with E-state index in [9.17, 15) is 18.3 Å². The first-order valence-corrected chi connectivity index (χ1v) is 7.96. The maximum atomic E-state index is 12.9. The van der Waals surface area contributed by atoms with Gasteiger partial charge in [0.05, 0.1) is 27.4 Å². The molecular weight excluding hydrogens is 349 g/mol. The molecule has 0 aromatic carbocycles. The standard InChI is InChI=1S/C14H20BrF3N2O/c1-3-20-11(12(15)9(2)19-20)8-13(21)6-4-5-10(7-13)14(16,17)18/h10,21H,3-8H2,1-2H3. The van der Waals surface area contributed by atoms with Gasteiger partial charge in [-0.1, -0.05) is 0 Å². The molecule has 0 spiro atoms. The van der Waals surface area contributed by atoms with Crippen LogP contribution in [0, 0.1) is 12.8 Å². The van der Waals surface area contributed by atoms with Crippen molar-refractivity contribution >= 4 is 15.9 Å². The van der Waals surface area contributed by atoms with Gasteiger partial charge in [0.25, 0.3) is 0 Å². The van der Waals surface area contributed by atoms with Crippen LogP contribution >= 0.6 is 15.9 Å². The van der Waals surface area contributed by atoms with E-state index < -0.39 is 17.7 Å². The fourth-order valence-corrected chi connectivity index (χ4v) is 3.55. The summed E-state index contributed by atoms with van der Waals surface area (Å²) in [7, 11) is 0. The highest BCUT2D eigenvalue weighted by molar-refractivity contribution is 9.10. The number of hydrogen-bond donors (Lipinski definition) is 1. The van der Waals surface area contributed by atoms with Gasteiger partial charge in [-0.05, 0) is 55.5 Å². The molecule has 7 heteroatoms. The number of alkyl halides is 3. The van der Waals surface area contributed by atoms with E-state index in [0.717, 1.165) is 15.9 Å². The minimum Gasteiger partial charge on any atom is -0.389 e. The van der Waals surface area contributed by atoms with E-state index in [1.54, 1.807) is 4.68 Å². The van der Waals surface area contributed by atoms with Gasteiger partial charge < -0.3 is 5.11 Å². The summed E-state index contributed by atoms with van der Waals surface area (Å²) in [6.45, 7) is 4.38. The summed E-state index contributed by atoms with van der Waals surface area (Å²) in [5.41, 5.74) is 0.263. The SMILES string of the molecule is CCn1nc(C)c(Br)c1CC1(O)CCCC(C(F)(F)F)C1. The predicted octanol–water partition coefficient (Wildman–Crippen LogP) is 4.00.